The number of hydrogen-bond acceptors (Lipinski definition) is 2. The molecule has 0 aromatic heterocycles. The van der Waals surface area contributed by atoms with Gasteiger partial charge in [0, 0.05) is 6.26 Å². The van der Waals surface area contributed by atoms with E-state index in [4.69, 9.17) is 8.42 Å². The molecule has 0 heterocycles. The molecular formula is C13H30O2S. The highest BCUT2D eigenvalue weighted by atomic mass is 32.2. The molecule has 0 amide bonds. The smallest absolute Gasteiger partial charge is 0.137 e. The van der Waals surface area contributed by atoms with Crippen molar-refractivity contribution in [2.75, 3.05) is 6.26 Å². The molecule has 0 atom stereocenters. The van der Waals surface area contributed by atoms with Crippen LogP contribution in [0.3, 0.4) is 0 Å². The van der Waals surface area contributed by atoms with E-state index in [0.29, 0.717) is 0 Å². The van der Waals surface area contributed by atoms with E-state index in [2.05, 4.69) is 13.8 Å². The maximum absolute atomic E-state index is 9.04. The molecule has 0 aromatic rings. The maximum Gasteiger partial charge on any atom is 0.137 e. The van der Waals surface area contributed by atoms with Crippen molar-refractivity contribution in [2.24, 2.45) is 0 Å². The SMILES string of the molecule is CCCCCCCCCCCC.C[SH](=O)=O. The lowest BCUT2D eigenvalue weighted by molar-refractivity contribution is 0.562. The summed E-state index contributed by atoms with van der Waals surface area (Å²) < 4.78 is 18.1. The summed E-state index contributed by atoms with van der Waals surface area (Å²) in [5, 5.41) is 0. The van der Waals surface area contributed by atoms with Crippen molar-refractivity contribution in [3.8, 4) is 0 Å². The van der Waals surface area contributed by atoms with Gasteiger partial charge in [0.05, 0.1) is 0 Å². The van der Waals surface area contributed by atoms with Crippen molar-refractivity contribution in [2.45, 2.75) is 78.1 Å². The maximum atomic E-state index is 9.04. The Morgan fingerprint density at radius 1 is 0.625 bits per heavy atom. The van der Waals surface area contributed by atoms with Crippen LogP contribution in [0.4, 0.5) is 0 Å². The van der Waals surface area contributed by atoms with Crippen LogP contribution in [0.25, 0.3) is 0 Å². The molecule has 16 heavy (non-hydrogen) atoms. The van der Waals surface area contributed by atoms with E-state index < -0.39 is 10.7 Å². The van der Waals surface area contributed by atoms with Crippen LogP contribution in [0, 0.1) is 0 Å². The van der Waals surface area contributed by atoms with E-state index in [1.54, 1.807) is 0 Å². The van der Waals surface area contributed by atoms with Crippen LogP contribution in [0.5, 0.6) is 0 Å². The van der Waals surface area contributed by atoms with Gasteiger partial charge in [0.1, 0.15) is 10.7 Å². The van der Waals surface area contributed by atoms with Gasteiger partial charge in [-0.05, 0) is 0 Å². The van der Waals surface area contributed by atoms with Gasteiger partial charge in [-0.15, -0.1) is 0 Å². The summed E-state index contributed by atoms with van der Waals surface area (Å²) in [5.41, 5.74) is 0. The first kappa shape index (κ1) is 18.3. The monoisotopic (exact) mass is 250 g/mol. The molecule has 0 aliphatic rings. The molecule has 0 radical (unpaired) electrons. The van der Waals surface area contributed by atoms with Gasteiger partial charge in [-0.3, -0.25) is 0 Å². The largest absolute Gasteiger partial charge is 0.232 e. The standard InChI is InChI=1S/C12H26.CH4O2S/c1-3-5-7-9-11-12-10-8-6-4-2;1-4(2)3/h3-12H2,1-2H3;4H,1H3. The summed E-state index contributed by atoms with van der Waals surface area (Å²) in [4.78, 5) is 0. The Bertz CT molecular complexity index is 159. The second-order valence-electron chi connectivity index (χ2n) is 4.27. The van der Waals surface area contributed by atoms with E-state index in [1.807, 2.05) is 0 Å². The van der Waals surface area contributed by atoms with Gasteiger partial charge in [0.15, 0.2) is 0 Å². The van der Waals surface area contributed by atoms with E-state index in [0.717, 1.165) is 6.26 Å². The fourth-order valence-corrected chi connectivity index (χ4v) is 1.56. The summed E-state index contributed by atoms with van der Waals surface area (Å²) in [6.45, 7) is 4.56. The lowest BCUT2D eigenvalue weighted by Gasteiger charge is -1.99. The Morgan fingerprint density at radius 3 is 1.00 bits per heavy atom. The molecule has 0 aromatic carbocycles. The Balaban J connectivity index is 0. The van der Waals surface area contributed by atoms with E-state index in [1.165, 1.54) is 64.2 Å². The van der Waals surface area contributed by atoms with Crippen LogP contribution in [0.1, 0.15) is 78.1 Å². The van der Waals surface area contributed by atoms with Gasteiger partial charge in [-0.2, -0.15) is 0 Å². The first-order valence-electron chi connectivity index (χ1n) is 6.73. The first-order valence-corrected chi connectivity index (χ1v) is 8.35. The Morgan fingerprint density at radius 2 is 0.812 bits per heavy atom. The fraction of sp³-hybridized carbons (Fsp3) is 1.00. The van der Waals surface area contributed by atoms with E-state index in [9.17, 15) is 0 Å². The fourth-order valence-electron chi connectivity index (χ4n) is 1.56. The van der Waals surface area contributed by atoms with Crippen molar-refractivity contribution < 1.29 is 8.42 Å². The van der Waals surface area contributed by atoms with Gasteiger partial charge in [0.2, 0.25) is 0 Å². The molecule has 0 rings (SSSR count). The predicted octanol–water partition coefficient (Wildman–Crippen LogP) is 4.15. The molecule has 0 aliphatic heterocycles. The van der Waals surface area contributed by atoms with Crippen LogP contribution < -0.4 is 0 Å². The van der Waals surface area contributed by atoms with E-state index >= 15 is 0 Å². The second-order valence-corrected chi connectivity index (χ2v) is 5.15. The average molecular weight is 250 g/mol. The van der Waals surface area contributed by atoms with Crippen LogP contribution in [0.15, 0.2) is 0 Å². The molecule has 2 nitrogen and oxygen atoms in total. The lowest BCUT2D eigenvalue weighted by atomic mass is 10.1. The molecule has 0 fully saturated rings. The zero-order valence-corrected chi connectivity index (χ0v) is 12.2. The molecule has 3 heteroatoms. The third-order valence-corrected chi connectivity index (χ3v) is 2.46. The summed E-state index contributed by atoms with van der Waals surface area (Å²) in [6, 6.07) is 0. The minimum absolute atomic E-state index is 1.12. The molecule has 100 valence electrons. The summed E-state index contributed by atoms with van der Waals surface area (Å²) in [6.07, 6.45) is 15.6. The van der Waals surface area contributed by atoms with Crippen molar-refractivity contribution in [3.63, 3.8) is 0 Å². The highest BCUT2D eigenvalue weighted by Crippen LogP contribution is 2.09. The predicted molar refractivity (Wildman–Crippen MR) is 73.8 cm³/mol. The minimum atomic E-state index is -2.12. The number of unbranched alkanes of at least 4 members (excludes halogenated alkanes) is 9. The second kappa shape index (κ2) is 17.3. The van der Waals surface area contributed by atoms with Crippen molar-refractivity contribution in [3.05, 3.63) is 0 Å². The highest BCUT2D eigenvalue weighted by Gasteiger charge is 1.90. The van der Waals surface area contributed by atoms with Gasteiger partial charge < -0.3 is 0 Å². The lowest BCUT2D eigenvalue weighted by Crippen LogP contribution is -1.80. The minimum Gasteiger partial charge on any atom is -0.232 e. The molecule has 0 N–H and O–H groups in total. The van der Waals surface area contributed by atoms with Crippen molar-refractivity contribution in [1.82, 2.24) is 0 Å². The first-order chi connectivity index (χ1) is 7.65. The molecular weight excluding hydrogens is 220 g/mol. The van der Waals surface area contributed by atoms with Crippen LogP contribution >= 0.6 is 0 Å². The van der Waals surface area contributed by atoms with Gasteiger partial charge >= 0.3 is 0 Å². The Kier molecular flexibility index (Phi) is 19.9. The Hall–Kier alpha value is -0.0500. The summed E-state index contributed by atoms with van der Waals surface area (Å²) in [7, 11) is -2.12. The summed E-state index contributed by atoms with van der Waals surface area (Å²) in [5.74, 6) is 0. The van der Waals surface area contributed by atoms with Crippen LogP contribution in [-0.4, -0.2) is 14.7 Å². The highest BCUT2D eigenvalue weighted by molar-refractivity contribution is 7.71. The van der Waals surface area contributed by atoms with Crippen LogP contribution in [-0.2, 0) is 10.7 Å². The molecule has 0 spiro atoms. The normalized spacial score (nSPS) is 10.0. The molecule has 0 bridgehead atoms. The van der Waals surface area contributed by atoms with Crippen molar-refractivity contribution >= 4 is 10.7 Å². The van der Waals surface area contributed by atoms with Gasteiger partial charge in [-0.25, -0.2) is 8.42 Å². The number of rotatable bonds is 9. The zero-order valence-electron chi connectivity index (χ0n) is 11.3. The number of hydrogen-bond donors (Lipinski definition) is 1. The third-order valence-electron chi connectivity index (χ3n) is 2.46. The topological polar surface area (TPSA) is 34.1 Å². The van der Waals surface area contributed by atoms with Crippen LogP contribution in [0.2, 0.25) is 0 Å². The molecule has 0 unspecified atom stereocenters. The average Bonchev–Trinajstić information content (AvgIpc) is 2.21. The van der Waals surface area contributed by atoms with Crippen molar-refractivity contribution in [1.29, 1.82) is 0 Å². The number of thiol groups is 1. The van der Waals surface area contributed by atoms with Gasteiger partial charge in [-0.1, -0.05) is 78.1 Å². The molecule has 0 saturated carbocycles. The zero-order chi connectivity index (χ0) is 12.6. The van der Waals surface area contributed by atoms with E-state index in [-0.39, 0.29) is 0 Å². The molecule has 0 saturated heterocycles. The third kappa shape index (κ3) is 29.2. The molecule has 0 aliphatic carbocycles. The quantitative estimate of drug-likeness (QED) is 0.492. The summed E-state index contributed by atoms with van der Waals surface area (Å²) >= 11 is 0. The van der Waals surface area contributed by atoms with Gasteiger partial charge in [0.25, 0.3) is 0 Å². The Labute approximate surface area is 104 Å².